The van der Waals surface area contributed by atoms with Crippen LogP contribution in [0, 0.1) is 17.7 Å². The molecule has 19 heavy (non-hydrogen) atoms. The maximum atomic E-state index is 13.1. The number of aliphatic hydroxyl groups is 1. The van der Waals surface area contributed by atoms with Crippen LogP contribution in [0.1, 0.15) is 26.3 Å². The average Bonchev–Trinajstić information content (AvgIpc) is 2.27. The quantitative estimate of drug-likeness (QED) is 0.866. The zero-order valence-electron chi connectivity index (χ0n) is 11.4. The Morgan fingerprint density at radius 2 is 2.05 bits per heavy atom. The van der Waals surface area contributed by atoms with Crippen molar-refractivity contribution in [2.45, 2.75) is 26.4 Å². The molecule has 0 aliphatic heterocycles. The summed E-state index contributed by atoms with van der Waals surface area (Å²) < 4.78 is 17.8. The summed E-state index contributed by atoms with van der Waals surface area (Å²) >= 11 is 5.96. The van der Waals surface area contributed by atoms with Gasteiger partial charge < -0.3 is 9.84 Å². The topological polar surface area (TPSA) is 46.5 Å². The maximum Gasteiger partial charge on any atom is 0.312 e. The normalized spacial score (nSPS) is 16.0. The molecule has 0 spiro atoms. The summed E-state index contributed by atoms with van der Waals surface area (Å²) in [6.45, 7) is 5.08. The van der Waals surface area contributed by atoms with E-state index in [1.54, 1.807) is 13.8 Å². The van der Waals surface area contributed by atoms with E-state index in [0.717, 1.165) is 6.07 Å². The van der Waals surface area contributed by atoms with Crippen molar-refractivity contribution in [1.82, 2.24) is 0 Å². The van der Waals surface area contributed by atoms with Crippen molar-refractivity contribution in [3.63, 3.8) is 0 Å². The Bertz CT molecular complexity index is 472. The van der Waals surface area contributed by atoms with Crippen molar-refractivity contribution in [3.8, 4) is 0 Å². The molecule has 0 aliphatic carbocycles. The van der Waals surface area contributed by atoms with Gasteiger partial charge in [0.25, 0.3) is 0 Å². The molecule has 0 saturated heterocycles. The van der Waals surface area contributed by atoms with Crippen LogP contribution in [0.5, 0.6) is 0 Å². The Hall–Kier alpha value is -1.13. The molecule has 0 amide bonds. The number of hydrogen-bond donors (Lipinski definition) is 1. The lowest BCUT2D eigenvalue weighted by atomic mass is 9.76. The number of carbonyl (C=O) groups excluding carboxylic acids is 1. The van der Waals surface area contributed by atoms with Gasteiger partial charge in [0.05, 0.1) is 13.0 Å². The Morgan fingerprint density at radius 1 is 1.47 bits per heavy atom. The van der Waals surface area contributed by atoms with Crippen molar-refractivity contribution in [2.24, 2.45) is 11.8 Å². The molecule has 0 aliphatic rings. The van der Waals surface area contributed by atoms with Crippen LogP contribution in [0.3, 0.4) is 0 Å². The van der Waals surface area contributed by atoms with Gasteiger partial charge in [0.15, 0.2) is 0 Å². The van der Waals surface area contributed by atoms with Gasteiger partial charge in [-0.25, -0.2) is 4.39 Å². The standard InChI is InChI=1S/C14H18ClFO3/c1-8(2)12(13(17)19-4)14(3,18)10-6-5-9(16)7-11(10)15/h5-8,12,18H,1-4H3. The Balaban J connectivity index is 3.30. The van der Waals surface area contributed by atoms with Gasteiger partial charge in [0.2, 0.25) is 0 Å². The van der Waals surface area contributed by atoms with Gasteiger partial charge in [-0.15, -0.1) is 0 Å². The van der Waals surface area contributed by atoms with Crippen LogP contribution in [0.2, 0.25) is 5.02 Å². The molecular formula is C14H18ClFO3. The molecule has 1 aromatic rings. The van der Waals surface area contributed by atoms with Crippen LogP contribution < -0.4 is 0 Å². The predicted octanol–water partition coefficient (Wildman–Crippen LogP) is 3.13. The highest BCUT2D eigenvalue weighted by Gasteiger charge is 2.42. The van der Waals surface area contributed by atoms with Crippen molar-refractivity contribution in [2.75, 3.05) is 7.11 Å². The molecule has 0 heterocycles. The van der Waals surface area contributed by atoms with E-state index >= 15 is 0 Å². The number of ether oxygens (including phenoxy) is 1. The van der Waals surface area contributed by atoms with Crippen molar-refractivity contribution < 1.29 is 19.0 Å². The molecule has 5 heteroatoms. The molecule has 1 aromatic carbocycles. The van der Waals surface area contributed by atoms with E-state index in [2.05, 4.69) is 0 Å². The monoisotopic (exact) mass is 288 g/mol. The minimum Gasteiger partial charge on any atom is -0.469 e. The molecule has 0 aromatic heterocycles. The molecule has 0 radical (unpaired) electrons. The van der Waals surface area contributed by atoms with E-state index in [9.17, 15) is 14.3 Å². The summed E-state index contributed by atoms with van der Waals surface area (Å²) in [5.74, 6) is -1.98. The lowest BCUT2D eigenvalue weighted by Crippen LogP contribution is -2.41. The highest BCUT2D eigenvalue weighted by atomic mass is 35.5. The lowest BCUT2D eigenvalue weighted by Gasteiger charge is -2.34. The van der Waals surface area contributed by atoms with Crippen LogP contribution in [0.15, 0.2) is 18.2 Å². The zero-order valence-corrected chi connectivity index (χ0v) is 12.2. The van der Waals surface area contributed by atoms with Crippen LogP contribution in [0.25, 0.3) is 0 Å². The molecule has 0 fully saturated rings. The molecule has 2 atom stereocenters. The largest absolute Gasteiger partial charge is 0.469 e. The van der Waals surface area contributed by atoms with Gasteiger partial charge in [-0.05, 0) is 25.0 Å². The average molecular weight is 289 g/mol. The number of halogens is 2. The van der Waals surface area contributed by atoms with E-state index in [0.29, 0.717) is 5.56 Å². The van der Waals surface area contributed by atoms with Gasteiger partial charge in [-0.1, -0.05) is 31.5 Å². The number of benzene rings is 1. The first-order valence-corrected chi connectivity index (χ1v) is 6.35. The third-order valence-electron chi connectivity index (χ3n) is 3.20. The van der Waals surface area contributed by atoms with Gasteiger partial charge in [0, 0.05) is 10.6 Å². The highest BCUT2D eigenvalue weighted by Crippen LogP contribution is 2.38. The van der Waals surface area contributed by atoms with Crippen LogP contribution in [-0.2, 0) is 15.1 Å². The van der Waals surface area contributed by atoms with Gasteiger partial charge in [-0.2, -0.15) is 0 Å². The molecule has 1 rings (SSSR count). The molecule has 2 unspecified atom stereocenters. The lowest BCUT2D eigenvalue weighted by molar-refractivity contribution is -0.159. The second kappa shape index (κ2) is 5.88. The first-order valence-electron chi connectivity index (χ1n) is 5.97. The molecule has 1 N–H and O–H groups in total. The summed E-state index contributed by atoms with van der Waals surface area (Å²) in [6, 6.07) is 3.69. The summed E-state index contributed by atoms with van der Waals surface area (Å²) in [5.41, 5.74) is -1.23. The van der Waals surface area contributed by atoms with Gasteiger partial charge in [0.1, 0.15) is 11.4 Å². The summed E-state index contributed by atoms with van der Waals surface area (Å²) in [4.78, 5) is 11.9. The summed E-state index contributed by atoms with van der Waals surface area (Å²) in [5, 5.41) is 10.8. The van der Waals surface area contributed by atoms with E-state index in [4.69, 9.17) is 16.3 Å². The van der Waals surface area contributed by atoms with E-state index in [1.807, 2.05) is 0 Å². The molecule has 106 valence electrons. The number of hydrogen-bond acceptors (Lipinski definition) is 3. The summed E-state index contributed by atoms with van der Waals surface area (Å²) in [6.07, 6.45) is 0. The molecular weight excluding hydrogens is 271 g/mol. The Kier molecular flexibility index (Phi) is 4.93. The summed E-state index contributed by atoms with van der Waals surface area (Å²) in [7, 11) is 1.26. The second-order valence-corrected chi connectivity index (χ2v) is 5.42. The Morgan fingerprint density at radius 3 is 2.47 bits per heavy atom. The fraction of sp³-hybridized carbons (Fsp3) is 0.500. The highest BCUT2D eigenvalue weighted by molar-refractivity contribution is 6.31. The fourth-order valence-electron chi connectivity index (χ4n) is 2.35. The zero-order chi connectivity index (χ0) is 14.8. The molecule has 0 saturated carbocycles. The maximum absolute atomic E-state index is 13.1. The minimum absolute atomic E-state index is 0.0829. The SMILES string of the molecule is COC(=O)C(C(C)C)C(C)(O)c1ccc(F)cc1Cl. The third-order valence-corrected chi connectivity index (χ3v) is 3.52. The molecule has 3 nitrogen and oxygen atoms in total. The fourth-order valence-corrected chi connectivity index (χ4v) is 2.70. The number of carbonyl (C=O) groups is 1. The van der Waals surface area contributed by atoms with Gasteiger partial charge >= 0.3 is 5.97 Å². The molecule has 0 bridgehead atoms. The minimum atomic E-state index is -1.54. The number of methoxy groups -OCH3 is 1. The van der Waals surface area contributed by atoms with Crippen LogP contribution in [-0.4, -0.2) is 18.2 Å². The van der Waals surface area contributed by atoms with Crippen LogP contribution >= 0.6 is 11.6 Å². The third kappa shape index (κ3) is 3.25. The van der Waals surface area contributed by atoms with Crippen molar-refractivity contribution in [1.29, 1.82) is 0 Å². The van der Waals surface area contributed by atoms with E-state index < -0.39 is 23.3 Å². The van der Waals surface area contributed by atoms with E-state index in [1.165, 1.54) is 26.2 Å². The first kappa shape index (κ1) is 15.9. The van der Waals surface area contributed by atoms with Crippen molar-refractivity contribution in [3.05, 3.63) is 34.6 Å². The number of esters is 1. The van der Waals surface area contributed by atoms with Crippen LogP contribution in [0.4, 0.5) is 4.39 Å². The first-order chi connectivity index (χ1) is 8.71. The van der Waals surface area contributed by atoms with Crippen molar-refractivity contribution >= 4 is 17.6 Å². The second-order valence-electron chi connectivity index (χ2n) is 5.02. The smallest absolute Gasteiger partial charge is 0.312 e. The van der Waals surface area contributed by atoms with Gasteiger partial charge in [-0.3, -0.25) is 4.79 Å². The number of rotatable bonds is 4. The predicted molar refractivity (Wildman–Crippen MR) is 71.3 cm³/mol. The van der Waals surface area contributed by atoms with E-state index in [-0.39, 0.29) is 10.9 Å². The Labute approximate surface area is 117 Å².